The summed E-state index contributed by atoms with van der Waals surface area (Å²) in [7, 11) is 0. The summed E-state index contributed by atoms with van der Waals surface area (Å²) in [5.74, 6) is -0.104. The fraction of sp³-hybridized carbons (Fsp3) is 0.310. The van der Waals surface area contributed by atoms with E-state index >= 15 is 0 Å². The highest BCUT2D eigenvalue weighted by Gasteiger charge is 2.30. The Balaban J connectivity index is 1.87. The van der Waals surface area contributed by atoms with Crippen LogP contribution in [0.1, 0.15) is 42.0 Å². The maximum atomic E-state index is 13.5. The number of hydrogen-bond acceptors (Lipinski definition) is 2. The number of carbonyl (C=O) groups excluding carboxylic acids is 2. The van der Waals surface area contributed by atoms with Gasteiger partial charge in [-0.25, -0.2) is 0 Å². The second kappa shape index (κ2) is 12.6. The van der Waals surface area contributed by atoms with E-state index in [9.17, 15) is 9.59 Å². The monoisotopic (exact) mass is 442 g/mol. The van der Waals surface area contributed by atoms with Gasteiger partial charge >= 0.3 is 0 Å². The smallest absolute Gasteiger partial charge is 0.243 e. The minimum Gasteiger partial charge on any atom is -0.354 e. The highest BCUT2D eigenvalue weighted by Crippen LogP contribution is 2.17. The summed E-state index contributed by atoms with van der Waals surface area (Å²) >= 11 is 0. The van der Waals surface area contributed by atoms with E-state index in [1.807, 2.05) is 98.8 Å². The lowest BCUT2D eigenvalue weighted by atomic mass is 10.0. The van der Waals surface area contributed by atoms with Crippen LogP contribution in [-0.2, 0) is 29.0 Å². The number of rotatable bonds is 11. The molecule has 3 aromatic rings. The molecule has 1 N–H and O–H groups in total. The van der Waals surface area contributed by atoms with Crippen LogP contribution in [0.25, 0.3) is 0 Å². The summed E-state index contributed by atoms with van der Waals surface area (Å²) in [5.41, 5.74) is 4.35. The molecular weight excluding hydrogens is 408 g/mol. The van der Waals surface area contributed by atoms with Gasteiger partial charge < -0.3 is 10.2 Å². The third kappa shape index (κ3) is 7.60. The number of carbonyl (C=O) groups is 2. The van der Waals surface area contributed by atoms with Crippen molar-refractivity contribution in [2.24, 2.45) is 0 Å². The van der Waals surface area contributed by atoms with Gasteiger partial charge in [-0.05, 0) is 36.5 Å². The lowest BCUT2D eigenvalue weighted by molar-refractivity contribution is -0.141. The molecule has 0 aliphatic heterocycles. The van der Waals surface area contributed by atoms with Crippen molar-refractivity contribution in [1.82, 2.24) is 10.2 Å². The van der Waals surface area contributed by atoms with Gasteiger partial charge in [0.1, 0.15) is 6.04 Å². The van der Waals surface area contributed by atoms with Gasteiger partial charge in [-0.1, -0.05) is 97.4 Å². The molecule has 4 heteroatoms. The lowest BCUT2D eigenvalue weighted by Gasteiger charge is -2.31. The molecule has 0 saturated carbocycles. The van der Waals surface area contributed by atoms with Crippen molar-refractivity contribution in [2.45, 2.75) is 52.1 Å². The predicted molar refractivity (Wildman–Crippen MR) is 134 cm³/mol. The second-order valence-corrected chi connectivity index (χ2v) is 8.49. The standard InChI is InChI=1S/C29H34N2O2/c1-3-20-30-29(33)27(21-25-12-8-5-9-13-25)31(22-26-16-14-23(2)15-17-26)28(32)19-18-24-10-6-4-7-11-24/h4-17,27H,3,18-22H2,1-2H3,(H,30,33)/t27-/m0/s1. The van der Waals surface area contributed by atoms with Crippen LogP contribution in [0, 0.1) is 6.92 Å². The highest BCUT2D eigenvalue weighted by molar-refractivity contribution is 5.88. The molecule has 0 saturated heterocycles. The molecule has 0 radical (unpaired) electrons. The Bertz CT molecular complexity index is 1000. The van der Waals surface area contributed by atoms with Gasteiger partial charge in [0.05, 0.1) is 0 Å². The van der Waals surface area contributed by atoms with Gasteiger partial charge in [-0.15, -0.1) is 0 Å². The normalized spacial score (nSPS) is 11.6. The SMILES string of the molecule is CCCNC(=O)[C@H](Cc1ccccc1)N(Cc1ccc(C)cc1)C(=O)CCc1ccccc1. The second-order valence-electron chi connectivity index (χ2n) is 8.49. The van der Waals surface area contributed by atoms with Crippen LogP contribution >= 0.6 is 0 Å². The van der Waals surface area contributed by atoms with Crippen LogP contribution in [-0.4, -0.2) is 29.3 Å². The molecule has 172 valence electrons. The van der Waals surface area contributed by atoms with Gasteiger partial charge in [0.25, 0.3) is 0 Å². The van der Waals surface area contributed by atoms with Crippen LogP contribution in [0.15, 0.2) is 84.9 Å². The molecule has 2 amide bonds. The topological polar surface area (TPSA) is 49.4 Å². The molecule has 0 unspecified atom stereocenters. The molecule has 4 nitrogen and oxygen atoms in total. The quantitative estimate of drug-likeness (QED) is 0.449. The summed E-state index contributed by atoms with van der Waals surface area (Å²) in [5, 5.41) is 3.02. The molecular formula is C29H34N2O2. The molecule has 0 bridgehead atoms. The van der Waals surface area contributed by atoms with Gasteiger partial charge in [-0.3, -0.25) is 9.59 Å². The first-order valence-electron chi connectivity index (χ1n) is 11.8. The summed E-state index contributed by atoms with van der Waals surface area (Å²) in [6, 6.07) is 27.5. The molecule has 0 aliphatic rings. The highest BCUT2D eigenvalue weighted by atomic mass is 16.2. The Morgan fingerprint density at radius 2 is 1.42 bits per heavy atom. The van der Waals surface area contributed by atoms with Crippen LogP contribution in [0.3, 0.4) is 0 Å². The van der Waals surface area contributed by atoms with Gasteiger partial charge in [-0.2, -0.15) is 0 Å². The molecule has 0 heterocycles. The molecule has 0 aliphatic carbocycles. The number of amides is 2. The third-order valence-corrected chi connectivity index (χ3v) is 5.76. The Labute approximate surface area is 197 Å². The number of aryl methyl sites for hydroxylation is 2. The van der Waals surface area contributed by atoms with Crippen molar-refractivity contribution in [3.8, 4) is 0 Å². The Morgan fingerprint density at radius 1 is 0.818 bits per heavy atom. The van der Waals surface area contributed by atoms with Gasteiger partial charge in [0.2, 0.25) is 11.8 Å². The van der Waals surface area contributed by atoms with Crippen molar-refractivity contribution in [3.63, 3.8) is 0 Å². The molecule has 3 rings (SSSR count). The third-order valence-electron chi connectivity index (χ3n) is 5.76. The first kappa shape index (κ1) is 24.2. The zero-order valence-electron chi connectivity index (χ0n) is 19.7. The molecule has 0 spiro atoms. The van der Waals surface area contributed by atoms with Crippen LogP contribution in [0.5, 0.6) is 0 Å². The van der Waals surface area contributed by atoms with E-state index in [4.69, 9.17) is 0 Å². The summed E-state index contributed by atoms with van der Waals surface area (Å²) in [4.78, 5) is 28.6. The van der Waals surface area contributed by atoms with Gasteiger partial charge in [0, 0.05) is 25.9 Å². The average Bonchev–Trinajstić information content (AvgIpc) is 2.85. The van der Waals surface area contributed by atoms with Gasteiger partial charge in [0.15, 0.2) is 0 Å². The Hall–Kier alpha value is -3.40. The molecule has 1 atom stereocenters. The summed E-state index contributed by atoms with van der Waals surface area (Å²) in [6.07, 6.45) is 2.35. The molecule has 0 aromatic heterocycles. The van der Waals surface area contributed by atoms with Crippen molar-refractivity contribution in [1.29, 1.82) is 0 Å². The number of benzene rings is 3. The maximum Gasteiger partial charge on any atom is 0.243 e. The van der Waals surface area contributed by atoms with Crippen molar-refractivity contribution < 1.29 is 9.59 Å². The minimum absolute atomic E-state index is 0.00740. The van der Waals surface area contributed by atoms with E-state index < -0.39 is 6.04 Å². The van der Waals surface area contributed by atoms with E-state index in [1.165, 1.54) is 5.56 Å². The summed E-state index contributed by atoms with van der Waals surface area (Å²) in [6.45, 7) is 5.08. The minimum atomic E-state index is -0.566. The fourth-order valence-corrected chi connectivity index (χ4v) is 3.85. The maximum absolute atomic E-state index is 13.5. The van der Waals surface area contributed by atoms with Crippen molar-refractivity contribution in [3.05, 3.63) is 107 Å². The van der Waals surface area contributed by atoms with Crippen LogP contribution in [0.2, 0.25) is 0 Å². The Morgan fingerprint density at radius 3 is 2.03 bits per heavy atom. The van der Waals surface area contributed by atoms with E-state index in [0.29, 0.717) is 32.4 Å². The lowest BCUT2D eigenvalue weighted by Crippen LogP contribution is -2.50. The van der Waals surface area contributed by atoms with E-state index in [0.717, 1.165) is 23.1 Å². The zero-order valence-corrected chi connectivity index (χ0v) is 19.7. The van der Waals surface area contributed by atoms with Crippen molar-refractivity contribution in [2.75, 3.05) is 6.54 Å². The number of nitrogens with one attached hydrogen (secondary N) is 1. The van der Waals surface area contributed by atoms with Crippen LogP contribution < -0.4 is 5.32 Å². The molecule has 0 fully saturated rings. The summed E-state index contributed by atoms with van der Waals surface area (Å²) < 4.78 is 0. The fourth-order valence-electron chi connectivity index (χ4n) is 3.85. The number of nitrogens with zero attached hydrogens (tertiary/aromatic N) is 1. The van der Waals surface area contributed by atoms with Crippen molar-refractivity contribution >= 4 is 11.8 Å². The zero-order chi connectivity index (χ0) is 23.5. The predicted octanol–water partition coefficient (Wildman–Crippen LogP) is 5.09. The molecule has 33 heavy (non-hydrogen) atoms. The molecule has 3 aromatic carbocycles. The van der Waals surface area contributed by atoms with E-state index in [-0.39, 0.29) is 11.8 Å². The first-order chi connectivity index (χ1) is 16.1. The average molecular weight is 443 g/mol. The largest absolute Gasteiger partial charge is 0.354 e. The first-order valence-corrected chi connectivity index (χ1v) is 11.8. The Kier molecular flexibility index (Phi) is 9.25. The van der Waals surface area contributed by atoms with E-state index in [1.54, 1.807) is 4.90 Å². The van der Waals surface area contributed by atoms with E-state index in [2.05, 4.69) is 5.32 Å². The number of hydrogen-bond donors (Lipinski definition) is 1. The van der Waals surface area contributed by atoms with Crippen LogP contribution in [0.4, 0.5) is 0 Å².